The highest BCUT2D eigenvalue weighted by atomic mass is 35.5. The molecule has 2 aromatic rings. The van der Waals surface area contributed by atoms with Gasteiger partial charge in [0.05, 0.1) is 12.5 Å². The number of hydrogen-bond donors (Lipinski definition) is 2. The van der Waals surface area contributed by atoms with E-state index in [0.29, 0.717) is 12.2 Å². The Bertz CT molecular complexity index is 613. The molecule has 1 aromatic carbocycles. The number of rotatable bonds is 6. The Hall–Kier alpha value is -1.96. The van der Waals surface area contributed by atoms with Crippen LogP contribution in [0.15, 0.2) is 30.6 Å². The number of anilines is 1. The maximum Gasteiger partial charge on any atom is 0.227 e. The van der Waals surface area contributed by atoms with E-state index in [1.807, 2.05) is 35.9 Å². The lowest BCUT2D eigenvalue weighted by atomic mass is 10.1. The molecular formula is C14H20ClN5O2. The molecular weight excluding hydrogens is 306 g/mol. The first-order valence-electron chi connectivity index (χ1n) is 6.61. The second-order valence-corrected chi connectivity index (χ2v) is 4.69. The lowest BCUT2D eigenvalue weighted by Gasteiger charge is -2.13. The minimum atomic E-state index is -0.271. The van der Waals surface area contributed by atoms with Crippen LogP contribution < -0.4 is 11.1 Å². The molecule has 0 radical (unpaired) electrons. The number of aryl methyl sites for hydroxylation is 1. The Balaban J connectivity index is 0.00000242. The van der Waals surface area contributed by atoms with Crippen molar-refractivity contribution in [1.82, 2.24) is 14.8 Å². The van der Waals surface area contributed by atoms with Gasteiger partial charge in [-0.2, -0.15) is 0 Å². The number of methoxy groups -OCH3 is 1. The van der Waals surface area contributed by atoms with E-state index >= 15 is 0 Å². The van der Waals surface area contributed by atoms with E-state index in [4.69, 9.17) is 10.5 Å². The Kier molecular flexibility index (Phi) is 6.97. The largest absolute Gasteiger partial charge is 0.380 e. The summed E-state index contributed by atoms with van der Waals surface area (Å²) in [5.41, 5.74) is 7.09. The molecule has 0 aliphatic carbocycles. The van der Waals surface area contributed by atoms with Crippen LogP contribution >= 0.6 is 12.4 Å². The summed E-state index contributed by atoms with van der Waals surface area (Å²) in [6.45, 7) is 0.308. The second-order valence-electron chi connectivity index (χ2n) is 4.69. The zero-order chi connectivity index (χ0) is 15.2. The first kappa shape index (κ1) is 18.1. The molecule has 0 aliphatic heterocycles. The molecule has 1 unspecified atom stereocenters. The number of aromatic nitrogens is 3. The van der Waals surface area contributed by atoms with Crippen molar-refractivity contribution in [2.24, 2.45) is 12.8 Å². The zero-order valence-electron chi connectivity index (χ0n) is 12.5. The Morgan fingerprint density at radius 3 is 2.86 bits per heavy atom. The van der Waals surface area contributed by atoms with Crippen LogP contribution in [0.5, 0.6) is 0 Å². The molecule has 1 atom stereocenters. The van der Waals surface area contributed by atoms with Gasteiger partial charge in [-0.05, 0) is 12.1 Å². The number of carbonyl (C=O) groups excluding carboxylic acids is 1. The van der Waals surface area contributed by atoms with Gasteiger partial charge in [0.15, 0.2) is 5.82 Å². The average Bonchev–Trinajstić information content (AvgIpc) is 2.91. The Morgan fingerprint density at radius 1 is 1.50 bits per heavy atom. The van der Waals surface area contributed by atoms with Gasteiger partial charge in [0, 0.05) is 32.0 Å². The predicted molar refractivity (Wildman–Crippen MR) is 86.8 cm³/mol. The molecule has 3 N–H and O–H groups in total. The van der Waals surface area contributed by atoms with Gasteiger partial charge in [-0.25, -0.2) is 0 Å². The fourth-order valence-electron chi connectivity index (χ4n) is 1.96. The number of ether oxygens (including phenoxy) is 1. The van der Waals surface area contributed by atoms with Crippen LogP contribution in [0.1, 0.15) is 6.42 Å². The van der Waals surface area contributed by atoms with Crippen molar-refractivity contribution in [2.45, 2.75) is 12.5 Å². The van der Waals surface area contributed by atoms with Crippen LogP contribution in [-0.4, -0.2) is 40.4 Å². The molecule has 1 aromatic heterocycles. The van der Waals surface area contributed by atoms with Crippen molar-refractivity contribution >= 4 is 24.0 Å². The van der Waals surface area contributed by atoms with Gasteiger partial charge in [0.1, 0.15) is 6.33 Å². The van der Waals surface area contributed by atoms with E-state index in [9.17, 15) is 4.79 Å². The molecule has 1 heterocycles. The molecule has 2 rings (SSSR count). The molecule has 0 aliphatic rings. The van der Waals surface area contributed by atoms with Crippen molar-refractivity contribution < 1.29 is 9.53 Å². The van der Waals surface area contributed by atoms with Crippen molar-refractivity contribution in [3.63, 3.8) is 0 Å². The molecule has 0 saturated carbocycles. The summed E-state index contributed by atoms with van der Waals surface area (Å²) in [5.74, 6) is 0.602. The van der Waals surface area contributed by atoms with Crippen molar-refractivity contribution in [1.29, 1.82) is 0 Å². The number of carbonyl (C=O) groups is 1. The minimum Gasteiger partial charge on any atom is -0.380 e. The van der Waals surface area contributed by atoms with Gasteiger partial charge in [0.2, 0.25) is 5.91 Å². The van der Waals surface area contributed by atoms with E-state index in [1.54, 1.807) is 13.4 Å². The van der Waals surface area contributed by atoms with Crippen LogP contribution in [0.25, 0.3) is 11.4 Å². The number of amides is 1. The second kappa shape index (κ2) is 8.47. The highest BCUT2D eigenvalue weighted by Crippen LogP contribution is 2.20. The van der Waals surface area contributed by atoms with Crippen LogP contribution in [0.4, 0.5) is 5.69 Å². The molecule has 8 heteroatoms. The third-order valence-electron chi connectivity index (χ3n) is 3.13. The monoisotopic (exact) mass is 325 g/mol. The smallest absolute Gasteiger partial charge is 0.227 e. The maximum atomic E-state index is 11.9. The number of nitrogens with two attached hydrogens (primary N) is 1. The average molecular weight is 326 g/mol. The van der Waals surface area contributed by atoms with E-state index in [0.717, 1.165) is 11.4 Å². The number of benzene rings is 1. The fraction of sp³-hybridized carbons (Fsp3) is 0.357. The summed E-state index contributed by atoms with van der Waals surface area (Å²) in [5, 5.41) is 10.7. The highest BCUT2D eigenvalue weighted by molar-refractivity contribution is 5.91. The molecule has 0 fully saturated rings. The number of halogens is 1. The highest BCUT2D eigenvalue weighted by Gasteiger charge is 2.12. The van der Waals surface area contributed by atoms with Gasteiger partial charge < -0.3 is 20.4 Å². The van der Waals surface area contributed by atoms with E-state index < -0.39 is 0 Å². The summed E-state index contributed by atoms with van der Waals surface area (Å²) >= 11 is 0. The van der Waals surface area contributed by atoms with Crippen molar-refractivity contribution in [3.8, 4) is 11.4 Å². The molecule has 0 spiro atoms. The standard InChI is InChI=1S/C14H19N5O2.ClH/c1-19-9-16-18-14(19)10-4-3-5-11(6-10)17-13(20)7-12(8-15)21-2;/h3-6,9,12H,7-8,15H2,1-2H3,(H,17,20);1H. The molecule has 22 heavy (non-hydrogen) atoms. The molecule has 0 bridgehead atoms. The van der Waals surface area contributed by atoms with E-state index in [1.165, 1.54) is 0 Å². The van der Waals surface area contributed by atoms with Crippen LogP contribution in [-0.2, 0) is 16.6 Å². The molecule has 0 saturated heterocycles. The summed E-state index contributed by atoms with van der Waals surface area (Å²) < 4.78 is 6.91. The van der Waals surface area contributed by atoms with Crippen LogP contribution in [0.3, 0.4) is 0 Å². The van der Waals surface area contributed by atoms with Crippen LogP contribution in [0.2, 0.25) is 0 Å². The van der Waals surface area contributed by atoms with E-state index in [2.05, 4.69) is 15.5 Å². The summed E-state index contributed by atoms with van der Waals surface area (Å²) in [6.07, 6.45) is 1.58. The van der Waals surface area contributed by atoms with E-state index in [-0.39, 0.29) is 30.8 Å². The number of hydrogen-bond acceptors (Lipinski definition) is 5. The number of nitrogens with one attached hydrogen (secondary N) is 1. The zero-order valence-corrected chi connectivity index (χ0v) is 13.3. The Labute approximate surface area is 135 Å². The minimum absolute atomic E-state index is 0. The van der Waals surface area contributed by atoms with Crippen LogP contribution in [0, 0.1) is 0 Å². The SMILES string of the molecule is COC(CN)CC(=O)Nc1cccc(-c2nncn2C)c1.Cl. The topological polar surface area (TPSA) is 95.1 Å². The van der Waals surface area contributed by atoms with Gasteiger partial charge in [-0.3, -0.25) is 4.79 Å². The summed E-state index contributed by atoms with van der Waals surface area (Å²) in [6, 6.07) is 7.45. The van der Waals surface area contributed by atoms with Gasteiger partial charge in [-0.1, -0.05) is 12.1 Å². The first-order chi connectivity index (χ1) is 10.1. The lowest BCUT2D eigenvalue weighted by Crippen LogP contribution is -2.28. The molecule has 7 nitrogen and oxygen atoms in total. The van der Waals surface area contributed by atoms with Crippen molar-refractivity contribution in [3.05, 3.63) is 30.6 Å². The summed E-state index contributed by atoms with van der Waals surface area (Å²) in [4.78, 5) is 11.9. The maximum absolute atomic E-state index is 11.9. The first-order valence-corrected chi connectivity index (χ1v) is 6.61. The summed E-state index contributed by atoms with van der Waals surface area (Å²) in [7, 11) is 3.41. The van der Waals surface area contributed by atoms with Gasteiger partial charge in [0.25, 0.3) is 0 Å². The van der Waals surface area contributed by atoms with Gasteiger partial charge >= 0.3 is 0 Å². The quantitative estimate of drug-likeness (QED) is 0.832. The third kappa shape index (κ3) is 4.52. The third-order valence-corrected chi connectivity index (χ3v) is 3.13. The molecule has 1 amide bonds. The predicted octanol–water partition coefficient (Wildman–Crippen LogP) is 1.21. The van der Waals surface area contributed by atoms with Crippen molar-refractivity contribution in [2.75, 3.05) is 19.0 Å². The van der Waals surface area contributed by atoms with Gasteiger partial charge in [-0.15, -0.1) is 22.6 Å². The Morgan fingerprint density at radius 2 is 2.27 bits per heavy atom. The molecule has 120 valence electrons. The lowest BCUT2D eigenvalue weighted by molar-refractivity contribution is -0.118. The number of nitrogens with zero attached hydrogens (tertiary/aromatic N) is 3. The fourth-order valence-corrected chi connectivity index (χ4v) is 1.96. The normalized spacial score (nSPS) is 11.6.